The summed E-state index contributed by atoms with van der Waals surface area (Å²) >= 11 is 0. The average molecular weight is 536 g/mol. The van der Waals surface area contributed by atoms with Crippen LogP contribution in [-0.2, 0) is 17.6 Å². The Balaban J connectivity index is 1.72. The minimum atomic E-state index is -1.04. The number of aliphatic hydroxyl groups is 1. The molecule has 1 heterocycles. The zero-order valence-corrected chi connectivity index (χ0v) is 24.6. The highest BCUT2D eigenvalue weighted by atomic mass is 16.4. The Bertz CT molecular complexity index is 1280. The van der Waals surface area contributed by atoms with Gasteiger partial charge in [0.25, 0.3) is 5.91 Å². The first kappa shape index (κ1) is 30.4. The van der Waals surface area contributed by atoms with E-state index in [1.807, 2.05) is 6.07 Å². The zero-order valence-electron chi connectivity index (χ0n) is 24.6. The number of hydrogen-bond acceptors (Lipinski definition) is 4. The van der Waals surface area contributed by atoms with Crippen LogP contribution in [0, 0.1) is 5.41 Å². The Labute approximate surface area is 233 Å². The summed E-state index contributed by atoms with van der Waals surface area (Å²) < 4.78 is 6.19. The molecule has 3 aromatic rings. The number of nitrogens with zero attached hydrogens (tertiary/aromatic N) is 1. The largest absolute Gasteiger partial charge is 0.480 e. The third-order valence-corrected chi connectivity index (χ3v) is 7.70. The number of aliphatic carboxylic acids is 1. The highest BCUT2D eigenvalue weighted by Crippen LogP contribution is 2.32. The minimum absolute atomic E-state index is 0.114. The summed E-state index contributed by atoms with van der Waals surface area (Å²) in [6.07, 6.45) is 4.13. The van der Waals surface area contributed by atoms with Crippen molar-refractivity contribution in [2.75, 3.05) is 13.6 Å². The van der Waals surface area contributed by atoms with Crippen LogP contribution in [0.1, 0.15) is 105 Å². The number of aliphatic hydroxyl groups excluding tert-OH is 1. The number of carboxylic acid groups (broad SMARTS) is 1. The molecule has 6 nitrogen and oxygen atoms in total. The molecule has 1 aromatic heterocycles. The van der Waals surface area contributed by atoms with Gasteiger partial charge in [0.05, 0.1) is 6.10 Å². The molecule has 0 aliphatic rings. The van der Waals surface area contributed by atoms with Crippen molar-refractivity contribution in [1.29, 1.82) is 0 Å². The van der Waals surface area contributed by atoms with Gasteiger partial charge in [0.2, 0.25) is 0 Å². The predicted octanol–water partition coefficient (Wildman–Crippen LogP) is 7.18. The van der Waals surface area contributed by atoms with E-state index in [1.54, 1.807) is 18.2 Å². The van der Waals surface area contributed by atoms with E-state index in [4.69, 9.17) is 9.52 Å². The number of carbonyl (C=O) groups is 2. The molecule has 0 saturated carbocycles. The molecule has 0 bridgehead atoms. The van der Waals surface area contributed by atoms with E-state index in [0.29, 0.717) is 11.5 Å². The van der Waals surface area contributed by atoms with Crippen LogP contribution < -0.4 is 0 Å². The second kappa shape index (κ2) is 12.8. The first-order chi connectivity index (χ1) is 18.3. The fourth-order valence-corrected chi connectivity index (χ4v) is 5.07. The molecule has 3 rings (SSSR count). The second-order valence-corrected chi connectivity index (χ2v) is 12.2. The monoisotopic (exact) mass is 535 g/mol. The number of fused-ring (bicyclic) bond motifs is 1. The summed E-state index contributed by atoms with van der Waals surface area (Å²) in [6, 6.07) is 14.1. The van der Waals surface area contributed by atoms with E-state index in [9.17, 15) is 14.7 Å². The van der Waals surface area contributed by atoms with Gasteiger partial charge in [0.15, 0.2) is 0 Å². The Kier molecular flexibility index (Phi) is 10.0. The lowest BCUT2D eigenvalue weighted by Gasteiger charge is -2.26. The van der Waals surface area contributed by atoms with Gasteiger partial charge in [-0.05, 0) is 84.4 Å². The molecular formula is C33H45NO5. The van der Waals surface area contributed by atoms with Crippen LogP contribution in [0.3, 0.4) is 0 Å². The SMILES string of the molecule is CCC(CCc1ccc(CCC(O)C(C)(C)C)c(C(C)C)c1)c1cc2cc(C(=O)N(C)CC(=O)O)ccc2o1. The summed E-state index contributed by atoms with van der Waals surface area (Å²) in [6.45, 7) is 12.5. The van der Waals surface area contributed by atoms with E-state index in [2.05, 4.69) is 59.7 Å². The fraction of sp³-hybridized carbons (Fsp3) is 0.515. The van der Waals surface area contributed by atoms with Crippen LogP contribution in [0.4, 0.5) is 0 Å². The Morgan fingerprint density at radius 1 is 1.00 bits per heavy atom. The number of rotatable bonds is 12. The van der Waals surface area contributed by atoms with Crippen molar-refractivity contribution < 1.29 is 24.2 Å². The number of likely N-dealkylation sites (N-methyl/N-ethyl adjacent to an activating group) is 1. The molecule has 212 valence electrons. The van der Waals surface area contributed by atoms with Gasteiger partial charge in [-0.1, -0.05) is 59.7 Å². The summed E-state index contributed by atoms with van der Waals surface area (Å²) in [7, 11) is 1.49. The highest BCUT2D eigenvalue weighted by molar-refractivity contribution is 5.98. The van der Waals surface area contributed by atoms with Crippen LogP contribution in [0.5, 0.6) is 0 Å². The quantitative estimate of drug-likeness (QED) is 0.256. The molecule has 2 atom stereocenters. The topological polar surface area (TPSA) is 91.0 Å². The molecule has 2 N–H and O–H groups in total. The van der Waals surface area contributed by atoms with Crippen molar-refractivity contribution in [2.45, 2.75) is 91.6 Å². The van der Waals surface area contributed by atoms with Crippen LogP contribution in [-0.4, -0.2) is 46.7 Å². The van der Waals surface area contributed by atoms with E-state index in [-0.39, 0.29) is 29.9 Å². The first-order valence-electron chi connectivity index (χ1n) is 14.1. The van der Waals surface area contributed by atoms with Crippen LogP contribution >= 0.6 is 0 Å². The van der Waals surface area contributed by atoms with E-state index in [0.717, 1.165) is 48.8 Å². The number of furan rings is 1. The van der Waals surface area contributed by atoms with Crippen LogP contribution in [0.25, 0.3) is 11.0 Å². The Hall–Kier alpha value is -3.12. The number of hydrogen-bond donors (Lipinski definition) is 2. The normalized spacial score (nSPS) is 13.6. The molecule has 0 aliphatic carbocycles. The van der Waals surface area contributed by atoms with Crippen molar-refractivity contribution in [3.8, 4) is 0 Å². The summed E-state index contributed by atoms with van der Waals surface area (Å²) in [5.41, 5.74) is 5.05. The van der Waals surface area contributed by atoms with Gasteiger partial charge in [-0.2, -0.15) is 0 Å². The standard InChI is InChI=1S/C33H45NO5/c1-8-23(29-19-26-18-25(13-15-28(26)39-29)32(38)34(7)20-31(36)37)11-9-22-10-12-24(27(17-22)21(2)3)14-16-30(35)33(4,5)6/h10,12-13,15,17-19,21,23,30,35H,8-9,11,14,16,20H2,1-7H3,(H,36,37). The molecular weight excluding hydrogens is 490 g/mol. The third kappa shape index (κ3) is 7.95. The summed E-state index contributed by atoms with van der Waals surface area (Å²) in [5, 5.41) is 20.3. The molecule has 0 aliphatic heterocycles. The van der Waals surface area contributed by atoms with Crippen molar-refractivity contribution >= 4 is 22.8 Å². The number of amides is 1. The van der Waals surface area contributed by atoms with Crippen molar-refractivity contribution in [3.05, 3.63) is 70.5 Å². The van der Waals surface area contributed by atoms with E-state index in [1.165, 1.54) is 28.6 Å². The number of aryl methyl sites for hydroxylation is 2. The average Bonchev–Trinajstić information content (AvgIpc) is 3.29. The summed E-state index contributed by atoms with van der Waals surface area (Å²) in [4.78, 5) is 24.8. The maximum atomic E-state index is 12.6. The van der Waals surface area contributed by atoms with Crippen molar-refractivity contribution in [2.24, 2.45) is 5.41 Å². The molecule has 2 unspecified atom stereocenters. The van der Waals surface area contributed by atoms with Gasteiger partial charge in [-0.25, -0.2) is 0 Å². The molecule has 39 heavy (non-hydrogen) atoms. The lowest BCUT2D eigenvalue weighted by Crippen LogP contribution is -2.31. The molecule has 0 radical (unpaired) electrons. The molecule has 1 amide bonds. The maximum Gasteiger partial charge on any atom is 0.323 e. The van der Waals surface area contributed by atoms with Gasteiger partial charge >= 0.3 is 5.97 Å². The molecule has 6 heteroatoms. The Morgan fingerprint density at radius 2 is 1.72 bits per heavy atom. The predicted molar refractivity (Wildman–Crippen MR) is 156 cm³/mol. The Morgan fingerprint density at radius 3 is 2.33 bits per heavy atom. The molecule has 0 spiro atoms. The third-order valence-electron chi connectivity index (χ3n) is 7.70. The highest BCUT2D eigenvalue weighted by Gasteiger charge is 2.23. The zero-order chi connectivity index (χ0) is 28.9. The van der Waals surface area contributed by atoms with Gasteiger partial charge in [0, 0.05) is 23.9 Å². The second-order valence-electron chi connectivity index (χ2n) is 12.2. The van der Waals surface area contributed by atoms with Gasteiger partial charge in [-0.3, -0.25) is 9.59 Å². The molecule has 0 fully saturated rings. The summed E-state index contributed by atoms with van der Waals surface area (Å²) in [5.74, 6) is 0.197. The minimum Gasteiger partial charge on any atom is -0.480 e. The number of carbonyl (C=O) groups excluding carboxylic acids is 1. The molecule has 0 saturated heterocycles. The first-order valence-corrected chi connectivity index (χ1v) is 14.1. The van der Waals surface area contributed by atoms with Gasteiger partial charge in [-0.15, -0.1) is 0 Å². The number of carboxylic acids is 1. The van der Waals surface area contributed by atoms with Crippen LogP contribution in [0.15, 0.2) is 46.9 Å². The fourth-order valence-electron chi connectivity index (χ4n) is 5.07. The lowest BCUT2D eigenvalue weighted by molar-refractivity contribution is -0.137. The molecule has 2 aromatic carbocycles. The van der Waals surface area contributed by atoms with Gasteiger partial charge < -0.3 is 19.5 Å². The van der Waals surface area contributed by atoms with Crippen molar-refractivity contribution in [3.63, 3.8) is 0 Å². The van der Waals surface area contributed by atoms with Crippen molar-refractivity contribution in [1.82, 2.24) is 4.90 Å². The number of benzene rings is 2. The lowest BCUT2D eigenvalue weighted by atomic mass is 9.84. The van der Waals surface area contributed by atoms with E-state index >= 15 is 0 Å². The van der Waals surface area contributed by atoms with E-state index < -0.39 is 5.97 Å². The maximum absolute atomic E-state index is 12.6. The smallest absolute Gasteiger partial charge is 0.323 e. The van der Waals surface area contributed by atoms with Crippen LogP contribution in [0.2, 0.25) is 0 Å². The van der Waals surface area contributed by atoms with Gasteiger partial charge in [0.1, 0.15) is 17.9 Å².